The Morgan fingerprint density at radius 3 is 3.13 bits per heavy atom. The van der Waals surface area contributed by atoms with Gasteiger partial charge in [0, 0.05) is 18.0 Å². The molecule has 0 saturated heterocycles. The van der Waals surface area contributed by atoms with E-state index >= 15 is 0 Å². The van der Waals surface area contributed by atoms with E-state index in [-0.39, 0.29) is 6.42 Å². The quantitative estimate of drug-likeness (QED) is 0.602. The maximum atomic E-state index is 8.36. The second-order valence-electron chi connectivity index (χ2n) is 3.18. The van der Waals surface area contributed by atoms with Crippen LogP contribution in [0.25, 0.3) is 10.9 Å². The number of hydrogen-bond donors (Lipinski definition) is 0. The standard InChI is InChI=1S/C12H9N3/c1-15-12-8-10(4-2-3-7-13)5-6-11(12)9-14-15/h5-6,8-9H,3H2,1H3. The number of benzene rings is 1. The normalized spacial score (nSPS) is 9.33. The summed E-state index contributed by atoms with van der Waals surface area (Å²) in [4.78, 5) is 0. The van der Waals surface area contributed by atoms with Gasteiger partial charge in [-0.1, -0.05) is 11.8 Å². The third kappa shape index (κ3) is 1.82. The van der Waals surface area contributed by atoms with Crippen molar-refractivity contribution in [3.63, 3.8) is 0 Å². The molecule has 0 saturated carbocycles. The average Bonchev–Trinajstić information content (AvgIpc) is 2.61. The summed E-state index contributed by atoms with van der Waals surface area (Å²) in [6.45, 7) is 0. The molecule has 0 fully saturated rings. The number of nitrogens with zero attached hydrogens (tertiary/aromatic N) is 3. The Labute approximate surface area is 87.9 Å². The largest absolute Gasteiger partial charge is 0.268 e. The first-order valence-electron chi connectivity index (χ1n) is 4.59. The molecule has 1 aromatic carbocycles. The minimum Gasteiger partial charge on any atom is -0.268 e. The van der Waals surface area contributed by atoms with Gasteiger partial charge >= 0.3 is 0 Å². The van der Waals surface area contributed by atoms with E-state index in [9.17, 15) is 0 Å². The van der Waals surface area contributed by atoms with Gasteiger partial charge in [0.1, 0.15) is 0 Å². The van der Waals surface area contributed by atoms with Crippen LogP contribution >= 0.6 is 0 Å². The van der Waals surface area contributed by atoms with Gasteiger partial charge in [-0.15, -0.1) is 0 Å². The van der Waals surface area contributed by atoms with E-state index in [0.29, 0.717) is 0 Å². The van der Waals surface area contributed by atoms with Gasteiger partial charge in [-0.3, -0.25) is 4.68 Å². The predicted octanol–water partition coefficient (Wildman–Crippen LogP) is 1.84. The summed E-state index contributed by atoms with van der Waals surface area (Å²) in [5.41, 5.74) is 1.97. The molecule has 2 rings (SSSR count). The van der Waals surface area contributed by atoms with Crippen molar-refractivity contribution >= 4 is 10.9 Å². The van der Waals surface area contributed by atoms with Crippen molar-refractivity contribution in [3.8, 4) is 17.9 Å². The van der Waals surface area contributed by atoms with Gasteiger partial charge in [0.05, 0.1) is 24.2 Å². The van der Waals surface area contributed by atoms with E-state index in [1.165, 1.54) is 0 Å². The molecule has 0 amide bonds. The minimum absolute atomic E-state index is 0.267. The van der Waals surface area contributed by atoms with Gasteiger partial charge in [-0.25, -0.2) is 0 Å². The van der Waals surface area contributed by atoms with E-state index in [1.807, 2.05) is 42.2 Å². The smallest absolute Gasteiger partial charge is 0.0966 e. The summed E-state index contributed by atoms with van der Waals surface area (Å²) in [6.07, 6.45) is 2.09. The zero-order valence-electron chi connectivity index (χ0n) is 8.36. The molecule has 0 radical (unpaired) electrons. The van der Waals surface area contributed by atoms with Gasteiger partial charge < -0.3 is 0 Å². The summed E-state index contributed by atoms with van der Waals surface area (Å²) in [7, 11) is 1.90. The van der Waals surface area contributed by atoms with Crippen LogP contribution in [-0.4, -0.2) is 9.78 Å². The van der Waals surface area contributed by atoms with Crippen LogP contribution in [-0.2, 0) is 7.05 Å². The fraction of sp³-hybridized carbons (Fsp3) is 0.167. The van der Waals surface area contributed by atoms with Gasteiger partial charge in [-0.2, -0.15) is 10.4 Å². The monoisotopic (exact) mass is 195 g/mol. The molecule has 0 aliphatic rings. The maximum Gasteiger partial charge on any atom is 0.0966 e. The number of hydrogen-bond acceptors (Lipinski definition) is 2. The van der Waals surface area contributed by atoms with Crippen LogP contribution in [0.5, 0.6) is 0 Å². The molecule has 1 heterocycles. The Hall–Kier alpha value is -2.26. The lowest BCUT2D eigenvalue weighted by molar-refractivity contribution is 0.797. The highest BCUT2D eigenvalue weighted by Crippen LogP contribution is 2.13. The van der Waals surface area contributed by atoms with Crippen molar-refractivity contribution in [2.24, 2.45) is 7.05 Å². The van der Waals surface area contributed by atoms with Crippen molar-refractivity contribution in [2.75, 3.05) is 0 Å². The second-order valence-corrected chi connectivity index (χ2v) is 3.18. The van der Waals surface area contributed by atoms with E-state index in [4.69, 9.17) is 5.26 Å². The lowest BCUT2D eigenvalue weighted by atomic mass is 10.1. The van der Waals surface area contributed by atoms with Crippen molar-refractivity contribution in [2.45, 2.75) is 6.42 Å². The zero-order chi connectivity index (χ0) is 10.7. The molecular formula is C12H9N3. The zero-order valence-corrected chi connectivity index (χ0v) is 8.36. The van der Waals surface area contributed by atoms with Crippen LogP contribution in [0.2, 0.25) is 0 Å². The van der Waals surface area contributed by atoms with Gasteiger partial charge in [0.25, 0.3) is 0 Å². The first-order valence-corrected chi connectivity index (χ1v) is 4.59. The molecule has 72 valence electrons. The van der Waals surface area contributed by atoms with Crippen LogP contribution < -0.4 is 0 Å². The molecule has 0 spiro atoms. The van der Waals surface area contributed by atoms with Crippen LogP contribution in [0.15, 0.2) is 24.4 Å². The Morgan fingerprint density at radius 2 is 2.33 bits per heavy atom. The van der Waals surface area contributed by atoms with E-state index < -0.39 is 0 Å². The van der Waals surface area contributed by atoms with E-state index in [0.717, 1.165) is 16.5 Å². The van der Waals surface area contributed by atoms with Crippen molar-refractivity contribution in [3.05, 3.63) is 30.0 Å². The number of fused-ring (bicyclic) bond motifs is 1. The molecule has 0 bridgehead atoms. The van der Waals surface area contributed by atoms with Crippen molar-refractivity contribution in [1.82, 2.24) is 9.78 Å². The first kappa shape index (κ1) is 9.30. The lowest BCUT2D eigenvalue weighted by Crippen LogP contribution is -1.88. The summed E-state index contributed by atoms with van der Waals surface area (Å²) < 4.78 is 1.81. The Balaban J connectivity index is 2.44. The van der Waals surface area contributed by atoms with Crippen molar-refractivity contribution in [1.29, 1.82) is 5.26 Å². The molecular weight excluding hydrogens is 186 g/mol. The molecule has 1 aromatic heterocycles. The lowest BCUT2D eigenvalue weighted by Gasteiger charge is -1.94. The van der Waals surface area contributed by atoms with E-state index in [2.05, 4.69) is 16.9 Å². The van der Waals surface area contributed by atoms with E-state index in [1.54, 1.807) is 0 Å². The highest BCUT2D eigenvalue weighted by atomic mass is 15.2. The molecule has 3 nitrogen and oxygen atoms in total. The maximum absolute atomic E-state index is 8.36. The molecule has 0 N–H and O–H groups in total. The predicted molar refractivity (Wildman–Crippen MR) is 57.8 cm³/mol. The number of rotatable bonds is 0. The summed E-state index contributed by atoms with van der Waals surface area (Å²) in [6, 6.07) is 7.89. The third-order valence-corrected chi connectivity index (χ3v) is 2.15. The third-order valence-electron chi connectivity index (χ3n) is 2.15. The van der Waals surface area contributed by atoms with Crippen LogP contribution in [0.1, 0.15) is 12.0 Å². The summed E-state index contributed by atoms with van der Waals surface area (Å²) in [5, 5.41) is 13.6. The first-order chi connectivity index (χ1) is 7.31. The van der Waals surface area contributed by atoms with Gasteiger partial charge in [-0.05, 0) is 18.2 Å². The number of nitriles is 1. The van der Waals surface area contributed by atoms with Gasteiger partial charge in [0.2, 0.25) is 0 Å². The van der Waals surface area contributed by atoms with Crippen molar-refractivity contribution < 1.29 is 0 Å². The van der Waals surface area contributed by atoms with Gasteiger partial charge in [0.15, 0.2) is 0 Å². The molecule has 2 aromatic rings. The fourth-order valence-corrected chi connectivity index (χ4v) is 1.41. The highest BCUT2D eigenvalue weighted by Gasteiger charge is 1.98. The highest BCUT2D eigenvalue weighted by molar-refractivity contribution is 5.80. The Morgan fingerprint density at radius 1 is 1.47 bits per heavy atom. The Kier molecular flexibility index (Phi) is 2.39. The number of aryl methyl sites for hydroxylation is 1. The number of aromatic nitrogens is 2. The van der Waals surface area contributed by atoms with Crippen LogP contribution in [0, 0.1) is 23.2 Å². The summed E-state index contributed by atoms with van der Waals surface area (Å²) in [5.74, 6) is 5.73. The molecule has 0 atom stereocenters. The summed E-state index contributed by atoms with van der Waals surface area (Å²) >= 11 is 0. The van der Waals surface area contributed by atoms with Crippen LogP contribution in [0.4, 0.5) is 0 Å². The van der Waals surface area contributed by atoms with Crippen LogP contribution in [0.3, 0.4) is 0 Å². The molecule has 0 aliphatic heterocycles. The fourth-order valence-electron chi connectivity index (χ4n) is 1.41. The molecule has 15 heavy (non-hydrogen) atoms. The average molecular weight is 195 g/mol. The Bertz CT molecular complexity index is 591. The molecule has 0 aliphatic carbocycles. The molecule has 0 unspecified atom stereocenters. The topological polar surface area (TPSA) is 41.6 Å². The SMILES string of the molecule is Cn1ncc2ccc(C#CCC#N)cc21. The minimum atomic E-state index is 0.267. The second kappa shape index (κ2) is 3.86. The molecule has 3 heteroatoms.